The topological polar surface area (TPSA) is 0 Å². The van der Waals surface area contributed by atoms with Gasteiger partial charge in [-0.3, -0.25) is 0 Å². The van der Waals surface area contributed by atoms with E-state index in [4.69, 9.17) is 11.6 Å². The van der Waals surface area contributed by atoms with E-state index >= 15 is 0 Å². The van der Waals surface area contributed by atoms with Crippen molar-refractivity contribution in [3.8, 4) is 0 Å². The number of hydrogen-bond donors (Lipinski definition) is 0. The van der Waals surface area contributed by atoms with Crippen LogP contribution in [0.25, 0.3) is 0 Å². The summed E-state index contributed by atoms with van der Waals surface area (Å²) in [6.07, 6.45) is 0. The Morgan fingerprint density at radius 1 is 1.00 bits per heavy atom. The first kappa shape index (κ1) is 13.0. The number of alkyl halides is 1. The first-order valence-corrected chi connectivity index (χ1v) is 5.78. The quantitative estimate of drug-likeness (QED) is 0.692. The Kier molecular flexibility index (Phi) is 3.62. The Bertz CT molecular complexity index is 581. The fourth-order valence-corrected chi connectivity index (χ4v) is 2.02. The lowest BCUT2D eigenvalue weighted by Crippen LogP contribution is -2.00. The first-order valence-electron chi connectivity index (χ1n) is 5.34. The molecule has 0 fully saturated rings. The average molecular weight is 271 g/mol. The van der Waals surface area contributed by atoms with Crippen molar-refractivity contribution in [3.05, 3.63) is 70.5 Å². The monoisotopic (exact) mass is 270 g/mol. The molecule has 0 saturated carbocycles. The van der Waals surface area contributed by atoms with Crippen LogP contribution in [-0.4, -0.2) is 0 Å². The maximum Gasteiger partial charge on any atom is 0.159 e. The Labute approximate surface area is 108 Å². The summed E-state index contributed by atoms with van der Waals surface area (Å²) in [5.74, 6) is -2.37. The largest absolute Gasteiger partial charge is 0.206 e. The molecule has 0 radical (unpaired) electrons. The van der Waals surface area contributed by atoms with Crippen LogP contribution in [0.2, 0.25) is 0 Å². The highest BCUT2D eigenvalue weighted by Crippen LogP contribution is 2.32. The average Bonchev–Trinajstić information content (AvgIpc) is 2.35. The summed E-state index contributed by atoms with van der Waals surface area (Å²) in [6, 6.07) is 8.12. The maximum atomic E-state index is 13.9. The molecule has 18 heavy (non-hydrogen) atoms. The number of rotatable bonds is 2. The lowest BCUT2D eigenvalue weighted by atomic mass is 10.0. The highest BCUT2D eigenvalue weighted by Gasteiger charge is 2.17. The second-order valence-electron chi connectivity index (χ2n) is 4.01. The summed E-state index contributed by atoms with van der Waals surface area (Å²) in [5.41, 5.74) is 1.03. The molecule has 0 aliphatic heterocycles. The molecule has 0 spiro atoms. The highest BCUT2D eigenvalue weighted by atomic mass is 35.5. The molecule has 4 heteroatoms. The van der Waals surface area contributed by atoms with E-state index in [1.54, 1.807) is 19.1 Å². The lowest BCUT2D eigenvalue weighted by molar-refractivity contribution is 0.507. The van der Waals surface area contributed by atoms with Crippen molar-refractivity contribution in [1.82, 2.24) is 0 Å². The van der Waals surface area contributed by atoms with Crippen LogP contribution in [0.15, 0.2) is 36.4 Å². The fourth-order valence-electron chi connectivity index (χ4n) is 1.72. The van der Waals surface area contributed by atoms with Crippen LogP contribution in [0.3, 0.4) is 0 Å². The molecule has 0 aliphatic carbocycles. The van der Waals surface area contributed by atoms with Crippen molar-refractivity contribution < 1.29 is 13.2 Å². The molecule has 2 aromatic rings. The van der Waals surface area contributed by atoms with E-state index in [0.29, 0.717) is 11.1 Å². The Balaban J connectivity index is 2.44. The van der Waals surface area contributed by atoms with Crippen LogP contribution in [-0.2, 0) is 0 Å². The molecule has 0 amide bonds. The second-order valence-corrected chi connectivity index (χ2v) is 4.45. The Morgan fingerprint density at radius 3 is 2.39 bits per heavy atom. The summed E-state index contributed by atoms with van der Waals surface area (Å²) in [6.45, 7) is 1.62. The minimum atomic E-state index is -0.994. The van der Waals surface area contributed by atoms with E-state index < -0.39 is 22.8 Å². The van der Waals surface area contributed by atoms with Crippen molar-refractivity contribution in [1.29, 1.82) is 0 Å². The first-order chi connectivity index (χ1) is 8.50. The zero-order chi connectivity index (χ0) is 13.3. The molecule has 0 aromatic heterocycles. The van der Waals surface area contributed by atoms with Crippen LogP contribution >= 0.6 is 11.6 Å². The van der Waals surface area contributed by atoms with E-state index in [0.717, 1.165) is 12.1 Å². The van der Waals surface area contributed by atoms with E-state index in [1.807, 2.05) is 0 Å². The molecule has 1 unspecified atom stereocenters. The van der Waals surface area contributed by atoms with Crippen molar-refractivity contribution in [3.63, 3.8) is 0 Å². The van der Waals surface area contributed by atoms with Gasteiger partial charge >= 0.3 is 0 Å². The van der Waals surface area contributed by atoms with Gasteiger partial charge in [0.05, 0.1) is 5.38 Å². The van der Waals surface area contributed by atoms with Gasteiger partial charge < -0.3 is 0 Å². The highest BCUT2D eigenvalue weighted by molar-refractivity contribution is 6.22. The van der Waals surface area contributed by atoms with Crippen LogP contribution < -0.4 is 0 Å². The van der Waals surface area contributed by atoms with Gasteiger partial charge in [-0.1, -0.05) is 24.3 Å². The number of halogens is 4. The van der Waals surface area contributed by atoms with Gasteiger partial charge in [0, 0.05) is 5.56 Å². The molecule has 0 bridgehead atoms. The Morgan fingerprint density at radius 2 is 1.72 bits per heavy atom. The molecule has 94 valence electrons. The van der Waals surface area contributed by atoms with Crippen molar-refractivity contribution >= 4 is 11.6 Å². The maximum absolute atomic E-state index is 13.9. The van der Waals surface area contributed by atoms with Gasteiger partial charge in [0.25, 0.3) is 0 Å². The predicted molar refractivity (Wildman–Crippen MR) is 65.2 cm³/mol. The summed E-state index contributed by atoms with van der Waals surface area (Å²) < 4.78 is 39.8. The van der Waals surface area contributed by atoms with Gasteiger partial charge in [-0.25, -0.2) is 13.2 Å². The number of hydrogen-bond acceptors (Lipinski definition) is 0. The molecule has 0 saturated heterocycles. The fraction of sp³-hybridized carbons (Fsp3) is 0.143. The van der Waals surface area contributed by atoms with Crippen molar-refractivity contribution in [2.24, 2.45) is 0 Å². The van der Waals surface area contributed by atoms with Gasteiger partial charge in [0.15, 0.2) is 11.6 Å². The van der Waals surface area contributed by atoms with Gasteiger partial charge in [0.2, 0.25) is 0 Å². The van der Waals surface area contributed by atoms with Crippen LogP contribution in [0.1, 0.15) is 22.1 Å². The standard InChI is InChI=1S/C14H10ClF3/c1-8-3-2-4-10(14(8)18)13(15)9-5-6-11(16)12(17)7-9/h2-7,13H,1H3. The molecule has 0 heterocycles. The number of benzene rings is 2. The molecule has 0 N–H and O–H groups in total. The van der Waals surface area contributed by atoms with Crippen molar-refractivity contribution in [2.45, 2.75) is 12.3 Å². The molecule has 1 atom stereocenters. The third kappa shape index (κ3) is 2.36. The molecule has 2 rings (SSSR count). The second kappa shape index (κ2) is 5.02. The van der Waals surface area contributed by atoms with Gasteiger partial charge in [-0.05, 0) is 30.2 Å². The zero-order valence-electron chi connectivity index (χ0n) is 9.55. The minimum absolute atomic E-state index is 0.252. The molecular formula is C14H10ClF3. The third-order valence-electron chi connectivity index (χ3n) is 2.73. The van der Waals surface area contributed by atoms with Crippen LogP contribution in [0, 0.1) is 24.4 Å². The van der Waals surface area contributed by atoms with E-state index in [9.17, 15) is 13.2 Å². The third-order valence-corrected chi connectivity index (χ3v) is 3.22. The smallest absolute Gasteiger partial charge is 0.159 e. The molecular weight excluding hydrogens is 261 g/mol. The predicted octanol–water partition coefficient (Wildman–Crippen LogP) is 4.74. The van der Waals surface area contributed by atoms with E-state index in [2.05, 4.69) is 0 Å². The molecule has 0 nitrogen and oxygen atoms in total. The van der Waals surface area contributed by atoms with Crippen LogP contribution in [0.5, 0.6) is 0 Å². The van der Waals surface area contributed by atoms with E-state index in [1.165, 1.54) is 12.1 Å². The summed E-state index contributed by atoms with van der Waals surface area (Å²) in [7, 11) is 0. The van der Waals surface area contributed by atoms with Gasteiger partial charge in [0.1, 0.15) is 5.82 Å². The lowest BCUT2D eigenvalue weighted by Gasteiger charge is -2.12. The van der Waals surface area contributed by atoms with Gasteiger partial charge in [-0.2, -0.15) is 0 Å². The summed E-state index contributed by atoms with van der Waals surface area (Å²) >= 11 is 6.10. The minimum Gasteiger partial charge on any atom is -0.206 e. The summed E-state index contributed by atoms with van der Waals surface area (Å²) in [5, 5.41) is -0.847. The molecule has 2 aromatic carbocycles. The van der Waals surface area contributed by atoms with Crippen LogP contribution in [0.4, 0.5) is 13.2 Å². The zero-order valence-corrected chi connectivity index (χ0v) is 10.3. The normalized spacial score (nSPS) is 12.5. The molecule has 0 aliphatic rings. The SMILES string of the molecule is Cc1cccc(C(Cl)c2ccc(F)c(F)c2)c1F. The summed E-state index contributed by atoms with van der Waals surface area (Å²) in [4.78, 5) is 0. The van der Waals surface area contributed by atoms with Gasteiger partial charge in [-0.15, -0.1) is 11.6 Å². The number of aryl methyl sites for hydroxylation is 1. The Hall–Kier alpha value is -1.48. The van der Waals surface area contributed by atoms with E-state index in [-0.39, 0.29) is 5.56 Å². The van der Waals surface area contributed by atoms with Crippen molar-refractivity contribution in [2.75, 3.05) is 0 Å².